The minimum absolute atomic E-state index is 0.0541. The molecule has 4 aromatic rings. The molecule has 2 aliphatic rings. The Bertz CT molecular complexity index is 1480. The van der Waals surface area contributed by atoms with Crippen LogP contribution in [0.4, 0.5) is 8.78 Å². The molecule has 1 unspecified atom stereocenters. The molecule has 0 amide bonds. The molecule has 2 fully saturated rings. The number of H-pyrrole nitrogens is 2. The standard InChI is InChI=1S/C30H32F2N4O4/c1-15(37)39-21-9-19(33-13-21)11-25-23-5-3-17(31)7-27(23)35-29(25)30-26(24-6-4-18(32)8-28(24)36-30)12-20-10-22(14-34-20)40-16(2)38/h3-8,19-22,33-36H,9-14H2,1-2H3/t19-,20-,21-,22?/m0/s1. The summed E-state index contributed by atoms with van der Waals surface area (Å²) in [6.07, 6.45) is 2.19. The van der Waals surface area contributed by atoms with Crippen LogP contribution in [0.3, 0.4) is 0 Å². The van der Waals surface area contributed by atoms with Crippen molar-refractivity contribution in [1.82, 2.24) is 20.6 Å². The number of rotatable bonds is 7. The Hall–Kier alpha value is -3.76. The number of carbonyl (C=O) groups excluding carboxylic acids is 2. The smallest absolute Gasteiger partial charge is 0.302 e. The molecule has 4 N–H and O–H groups in total. The fraction of sp³-hybridized carbons (Fsp3) is 0.400. The molecule has 4 atom stereocenters. The average Bonchev–Trinajstić information content (AvgIpc) is 3.66. The van der Waals surface area contributed by atoms with Gasteiger partial charge in [-0.1, -0.05) is 0 Å². The van der Waals surface area contributed by atoms with Crippen molar-refractivity contribution in [2.24, 2.45) is 0 Å². The molecule has 4 heterocycles. The van der Waals surface area contributed by atoms with Gasteiger partial charge in [0.1, 0.15) is 23.8 Å². The monoisotopic (exact) mass is 550 g/mol. The number of aromatic nitrogens is 2. The molecule has 210 valence electrons. The van der Waals surface area contributed by atoms with Gasteiger partial charge in [0.15, 0.2) is 0 Å². The van der Waals surface area contributed by atoms with Crippen molar-refractivity contribution in [1.29, 1.82) is 0 Å². The number of hydrogen-bond acceptors (Lipinski definition) is 6. The Morgan fingerprint density at radius 3 is 1.57 bits per heavy atom. The van der Waals surface area contributed by atoms with E-state index in [4.69, 9.17) is 9.47 Å². The van der Waals surface area contributed by atoms with Crippen LogP contribution in [0.15, 0.2) is 36.4 Å². The van der Waals surface area contributed by atoms with Crippen molar-refractivity contribution in [3.63, 3.8) is 0 Å². The second-order valence-corrected chi connectivity index (χ2v) is 10.9. The van der Waals surface area contributed by atoms with E-state index in [9.17, 15) is 18.4 Å². The molecule has 0 bridgehead atoms. The average molecular weight is 551 g/mol. The number of fused-ring (bicyclic) bond motifs is 2. The van der Waals surface area contributed by atoms with E-state index >= 15 is 0 Å². The minimum atomic E-state index is -0.341. The highest BCUT2D eigenvalue weighted by molar-refractivity contribution is 5.96. The highest BCUT2D eigenvalue weighted by Gasteiger charge is 2.31. The number of nitrogens with one attached hydrogen (secondary N) is 4. The van der Waals surface area contributed by atoms with E-state index < -0.39 is 0 Å². The summed E-state index contributed by atoms with van der Waals surface area (Å²) in [7, 11) is 0. The fourth-order valence-corrected chi connectivity index (χ4v) is 6.32. The first-order valence-electron chi connectivity index (χ1n) is 13.6. The zero-order valence-electron chi connectivity index (χ0n) is 22.4. The summed E-state index contributed by atoms with van der Waals surface area (Å²) < 4.78 is 39.4. The summed E-state index contributed by atoms with van der Waals surface area (Å²) in [4.78, 5) is 29.9. The predicted molar refractivity (Wildman–Crippen MR) is 147 cm³/mol. The predicted octanol–water partition coefficient (Wildman–Crippen LogP) is 4.27. The maximum absolute atomic E-state index is 14.3. The van der Waals surface area contributed by atoms with Gasteiger partial charge in [0.25, 0.3) is 0 Å². The van der Waals surface area contributed by atoms with E-state index in [-0.39, 0.29) is 47.9 Å². The topological polar surface area (TPSA) is 108 Å². The Kier molecular flexibility index (Phi) is 7.06. The van der Waals surface area contributed by atoms with Gasteiger partial charge >= 0.3 is 11.9 Å². The third-order valence-corrected chi connectivity index (χ3v) is 7.92. The lowest BCUT2D eigenvalue weighted by Gasteiger charge is -2.15. The van der Waals surface area contributed by atoms with Gasteiger partial charge in [0, 0.05) is 73.7 Å². The molecule has 2 saturated heterocycles. The Balaban J connectivity index is 1.40. The quantitative estimate of drug-likeness (QED) is 0.256. The number of hydrogen-bond donors (Lipinski definition) is 4. The van der Waals surface area contributed by atoms with Crippen LogP contribution in [-0.4, -0.2) is 59.3 Å². The van der Waals surface area contributed by atoms with Gasteiger partial charge in [-0.15, -0.1) is 0 Å². The second kappa shape index (κ2) is 10.7. The van der Waals surface area contributed by atoms with Crippen molar-refractivity contribution >= 4 is 33.7 Å². The molecule has 40 heavy (non-hydrogen) atoms. The van der Waals surface area contributed by atoms with Gasteiger partial charge in [0.2, 0.25) is 0 Å². The molecule has 0 aliphatic carbocycles. The molecule has 8 nitrogen and oxygen atoms in total. The third kappa shape index (κ3) is 5.33. The Morgan fingerprint density at radius 1 is 0.750 bits per heavy atom. The summed E-state index contributed by atoms with van der Waals surface area (Å²) in [5.41, 5.74) is 4.98. The molecule has 2 aliphatic heterocycles. The highest BCUT2D eigenvalue weighted by Crippen LogP contribution is 2.38. The molecule has 0 saturated carbocycles. The van der Waals surface area contributed by atoms with Crippen molar-refractivity contribution in [3.8, 4) is 11.4 Å². The molecule has 0 spiro atoms. The molecule has 6 rings (SSSR count). The zero-order chi connectivity index (χ0) is 28.0. The molecule has 2 aromatic carbocycles. The van der Waals surface area contributed by atoms with Gasteiger partial charge in [-0.3, -0.25) is 9.59 Å². The van der Waals surface area contributed by atoms with Crippen molar-refractivity contribution in [2.45, 2.75) is 63.8 Å². The fourth-order valence-electron chi connectivity index (χ4n) is 6.32. The summed E-state index contributed by atoms with van der Waals surface area (Å²) in [6, 6.07) is 9.54. The molecule has 2 aromatic heterocycles. The first-order valence-corrected chi connectivity index (χ1v) is 13.6. The molecular formula is C30H32F2N4O4. The van der Waals surface area contributed by atoms with Gasteiger partial charge in [-0.25, -0.2) is 8.78 Å². The van der Waals surface area contributed by atoms with Gasteiger partial charge < -0.3 is 30.1 Å². The van der Waals surface area contributed by atoms with Crippen LogP contribution in [0.1, 0.15) is 37.8 Å². The number of esters is 2. The van der Waals surface area contributed by atoms with E-state index in [1.54, 1.807) is 12.1 Å². The maximum atomic E-state index is 14.3. The molecular weight excluding hydrogens is 518 g/mol. The first-order chi connectivity index (χ1) is 19.2. The highest BCUT2D eigenvalue weighted by atomic mass is 19.1. The lowest BCUT2D eigenvalue weighted by atomic mass is 9.95. The maximum Gasteiger partial charge on any atom is 0.302 e. The van der Waals surface area contributed by atoms with Crippen LogP contribution < -0.4 is 10.6 Å². The second-order valence-electron chi connectivity index (χ2n) is 10.9. The van der Waals surface area contributed by atoms with Crippen molar-refractivity contribution in [2.75, 3.05) is 13.1 Å². The summed E-state index contributed by atoms with van der Waals surface area (Å²) in [5.74, 6) is -1.29. The van der Waals surface area contributed by atoms with Crippen LogP contribution in [0.25, 0.3) is 33.2 Å². The van der Waals surface area contributed by atoms with Crippen molar-refractivity contribution < 1.29 is 27.8 Å². The number of benzene rings is 2. The van der Waals surface area contributed by atoms with Crippen LogP contribution in [0, 0.1) is 11.6 Å². The van der Waals surface area contributed by atoms with Crippen LogP contribution in [-0.2, 0) is 31.9 Å². The van der Waals surface area contributed by atoms with Crippen LogP contribution >= 0.6 is 0 Å². The van der Waals surface area contributed by atoms with Gasteiger partial charge in [0.05, 0.1) is 11.4 Å². The first kappa shape index (κ1) is 26.5. The van der Waals surface area contributed by atoms with E-state index in [0.717, 1.165) is 33.3 Å². The lowest BCUT2D eigenvalue weighted by Crippen LogP contribution is -2.24. The summed E-state index contributed by atoms with van der Waals surface area (Å²) in [6.45, 7) is 3.97. The van der Waals surface area contributed by atoms with Crippen LogP contribution in [0.2, 0.25) is 0 Å². The van der Waals surface area contributed by atoms with Gasteiger partial charge in [-0.05, 0) is 60.4 Å². The lowest BCUT2D eigenvalue weighted by molar-refractivity contribution is -0.146. The Morgan fingerprint density at radius 2 is 1.18 bits per heavy atom. The van der Waals surface area contributed by atoms with E-state index in [1.807, 2.05) is 0 Å². The molecule has 0 radical (unpaired) electrons. The van der Waals surface area contributed by atoms with E-state index in [2.05, 4.69) is 20.6 Å². The largest absolute Gasteiger partial charge is 0.461 e. The van der Waals surface area contributed by atoms with Gasteiger partial charge in [-0.2, -0.15) is 0 Å². The van der Waals surface area contributed by atoms with E-state index in [0.29, 0.717) is 49.8 Å². The molecule has 10 heteroatoms. The number of halogens is 2. The normalized spacial score (nSPS) is 22.8. The number of ether oxygens (including phenoxy) is 2. The third-order valence-electron chi connectivity index (χ3n) is 7.92. The number of aromatic amines is 2. The zero-order valence-corrected chi connectivity index (χ0v) is 22.4. The van der Waals surface area contributed by atoms with Crippen molar-refractivity contribution in [3.05, 3.63) is 59.2 Å². The minimum Gasteiger partial charge on any atom is -0.461 e. The number of carbonyl (C=O) groups is 2. The summed E-state index contributed by atoms with van der Waals surface area (Å²) in [5, 5.41) is 8.72. The van der Waals surface area contributed by atoms with E-state index in [1.165, 1.54) is 38.1 Å². The summed E-state index contributed by atoms with van der Waals surface area (Å²) >= 11 is 0. The Labute approximate surface area is 229 Å². The SMILES string of the molecule is CC(=O)OC1CN[C@H](Cc2c(-c3[nH]c4cc(F)ccc4c3C[C@@H]3C[C@H](OC(C)=O)CN3)[nH]c3cc(F)ccc23)C1. The van der Waals surface area contributed by atoms with Crippen LogP contribution in [0.5, 0.6) is 0 Å².